The maximum Gasteiger partial charge on any atom is 0.337 e. The van der Waals surface area contributed by atoms with Crippen molar-refractivity contribution < 1.29 is 14.8 Å². The number of rotatable bonds is 5. The smallest absolute Gasteiger partial charge is 0.337 e. The average Bonchev–Trinajstić information content (AvgIpc) is 3.14. The maximum absolute atomic E-state index is 11.2. The Labute approximate surface area is 104 Å². The first kappa shape index (κ1) is 12.3. The third kappa shape index (κ3) is 2.27. The van der Waals surface area contributed by atoms with Gasteiger partial charge in [-0.15, -0.1) is 0 Å². The molecule has 0 aliphatic heterocycles. The molecule has 1 fully saturated rings. The van der Waals surface area contributed by atoms with E-state index in [9.17, 15) is 14.9 Å². The lowest BCUT2D eigenvalue weighted by atomic mass is 10.1. The molecule has 0 heterocycles. The summed E-state index contributed by atoms with van der Waals surface area (Å²) in [6, 6.07) is 4.20. The number of nitrogens with zero attached hydrogens (tertiary/aromatic N) is 2. The van der Waals surface area contributed by atoms with E-state index in [0.717, 1.165) is 12.8 Å². The van der Waals surface area contributed by atoms with Gasteiger partial charge in [-0.1, -0.05) is 0 Å². The molecular formula is C12H14N2O4. The summed E-state index contributed by atoms with van der Waals surface area (Å²) < 4.78 is 0. The van der Waals surface area contributed by atoms with Crippen molar-refractivity contribution in [2.75, 3.05) is 11.4 Å². The molecule has 1 saturated carbocycles. The molecule has 2 rings (SSSR count). The zero-order valence-electron chi connectivity index (χ0n) is 10.00. The number of aromatic carboxylic acids is 1. The second-order valence-electron chi connectivity index (χ2n) is 4.28. The van der Waals surface area contributed by atoms with Gasteiger partial charge in [-0.25, -0.2) is 4.79 Å². The molecule has 1 aliphatic carbocycles. The monoisotopic (exact) mass is 250 g/mol. The summed E-state index contributed by atoms with van der Waals surface area (Å²) in [5.41, 5.74) is 0.491. The summed E-state index contributed by atoms with van der Waals surface area (Å²) in [4.78, 5) is 23.4. The van der Waals surface area contributed by atoms with E-state index in [1.54, 1.807) is 0 Å². The number of carboxylic acids is 1. The Balaban J connectivity index is 2.48. The highest BCUT2D eigenvalue weighted by Gasteiger charge is 2.31. The molecule has 6 nitrogen and oxygen atoms in total. The molecule has 1 aromatic carbocycles. The van der Waals surface area contributed by atoms with Gasteiger partial charge in [-0.3, -0.25) is 10.1 Å². The van der Waals surface area contributed by atoms with E-state index in [0.29, 0.717) is 18.3 Å². The lowest BCUT2D eigenvalue weighted by Gasteiger charge is -2.24. The molecule has 0 amide bonds. The van der Waals surface area contributed by atoms with E-state index in [2.05, 4.69) is 0 Å². The highest BCUT2D eigenvalue weighted by atomic mass is 16.6. The van der Waals surface area contributed by atoms with Gasteiger partial charge in [0.25, 0.3) is 5.69 Å². The minimum Gasteiger partial charge on any atom is -0.478 e. The molecule has 0 radical (unpaired) electrons. The van der Waals surface area contributed by atoms with Crippen molar-refractivity contribution >= 4 is 17.3 Å². The number of hydrogen-bond donors (Lipinski definition) is 1. The van der Waals surface area contributed by atoms with Gasteiger partial charge < -0.3 is 10.0 Å². The Morgan fingerprint density at radius 1 is 1.56 bits per heavy atom. The lowest BCUT2D eigenvalue weighted by molar-refractivity contribution is -0.384. The zero-order valence-corrected chi connectivity index (χ0v) is 10.00. The van der Waals surface area contributed by atoms with Gasteiger partial charge in [0.1, 0.15) is 0 Å². The van der Waals surface area contributed by atoms with Crippen molar-refractivity contribution in [3.63, 3.8) is 0 Å². The number of carbonyl (C=O) groups is 1. The molecule has 0 spiro atoms. The van der Waals surface area contributed by atoms with Crippen LogP contribution < -0.4 is 4.90 Å². The van der Waals surface area contributed by atoms with E-state index in [4.69, 9.17) is 5.11 Å². The van der Waals surface area contributed by atoms with Gasteiger partial charge in [0, 0.05) is 24.7 Å². The molecule has 0 saturated heterocycles. The first-order chi connectivity index (χ1) is 8.54. The van der Waals surface area contributed by atoms with Crippen molar-refractivity contribution in [1.82, 2.24) is 0 Å². The molecule has 1 N–H and O–H groups in total. The van der Waals surface area contributed by atoms with Crippen LogP contribution in [0.25, 0.3) is 0 Å². The molecular weight excluding hydrogens is 236 g/mol. The highest BCUT2D eigenvalue weighted by molar-refractivity contribution is 5.95. The first-order valence-electron chi connectivity index (χ1n) is 5.83. The predicted octanol–water partition coefficient (Wildman–Crippen LogP) is 2.28. The number of hydrogen-bond acceptors (Lipinski definition) is 4. The molecule has 96 valence electrons. The van der Waals surface area contributed by atoms with E-state index >= 15 is 0 Å². The van der Waals surface area contributed by atoms with Crippen molar-refractivity contribution in [3.05, 3.63) is 33.9 Å². The number of anilines is 1. The standard InChI is InChI=1S/C12H14N2O4/c1-2-13(8-3-4-8)11-7-9(14(17)18)5-6-10(11)12(15)16/h5-8H,2-4H2,1H3,(H,15,16). The van der Waals surface area contributed by atoms with Crippen molar-refractivity contribution in [1.29, 1.82) is 0 Å². The van der Waals surface area contributed by atoms with Crippen molar-refractivity contribution in [3.8, 4) is 0 Å². The minimum absolute atomic E-state index is 0.0749. The Bertz CT molecular complexity index is 497. The van der Waals surface area contributed by atoms with Crippen molar-refractivity contribution in [2.45, 2.75) is 25.8 Å². The predicted molar refractivity (Wildman–Crippen MR) is 66.1 cm³/mol. The van der Waals surface area contributed by atoms with Gasteiger partial charge in [-0.2, -0.15) is 0 Å². The van der Waals surface area contributed by atoms with E-state index < -0.39 is 10.9 Å². The van der Waals surface area contributed by atoms with Gasteiger partial charge >= 0.3 is 5.97 Å². The Morgan fingerprint density at radius 3 is 2.67 bits per heavy atom. The fourth-order valence-corrected chi connectivity index (χ4v) is 2.06. The van der Waals surface area contributed by atoms with Crippen LogP contribution in [0.3, 0.4) is 0 Å². The Hall–Kier alpha value is -2.11. The summed E-state index contributed by atoms with van der Waals surface area (Å²) in [7, 11) is 0. The summed E-state index contributed by atoms with van der Waals surface area (Å²) in [5.74, 6) is -1.06. The fourth-order valence-electron chi connectivity index (χ4n) is 2.06. The molecule has 0 aromatic heterocycles. The largest absolute Gasteiger partial charge is 0.478 e. The molecule has 1 aromatic rings. The molecule has 0 atom stereocenters. The van der Waals surface area contributed by atoms with E-state index in [1.807, 2.05) is 11.8 Å². The van der Waals surface area contributed by atoms with E-state index in [-0.39, 0.29) is 11.3 Å². The van der Waals surface area contributed by atoms with Crippen LogP contribution in [0.15, 0.2) is 18.2 Å². The summed E-state index contributed by atoms with van der Waals surface area (Å²) in [5, 5.41) is 19.9. The maximum atomic E-state index is 11.2. The second-order valence-corrected chi connectivity index (χ2v) is 4.28. The molecule has 0 bridgehead atoms. The second kappa shape index (κ2) is 4.64. The van der Waals surface area contributed by atoms with Crippen LogP contribution in [-0.2, 0) is 0 Å². The van der Waals surface area contributed by atoms with Crippen LogP contribution in [-0.4, -0.2) is 28.6 Å². The zero-order chi connectivity index (χ0) is 13.3. The Kier molecular flexibility index (Phi) is 3.18. The van der Waals surface area contributed by atoms with Gasteiger partial charge in [0.2, 0.25) is 0 Å². The quantitative estimate of drug-likeness (QED) is 0.640. The molecule has 18 heavy (non-hydrogen) atoms. The highest BCUT2D eigenvalue weighted by Crippen LogP contribution is 2.35. The number of non-ortho nitro benzene ring substituents is 1. The normalized spacial score (nSPS) is 14.3. The van der Waals surface area contributed by atoms with Crippen LogP contribution in [0, 0.1) is 10.1 Å². The molecule has 0 unspecified atom stereocenters. The number of nitro groups is 1. The Morgan fingerprint density at radius 2 is 2.22 bits per heavy atom. The van der Waals surface area contributed by atoms with Crippen LogP contribution in [0.1, 0.15) is 30.1 Å². The van der Waals surface area contributed by atoms with E-state index in [1.165, 1.54) is 18.2 Å². The number of nitro benzene ring substituents is 1. The van der Waals surface area contributed by atoms with Crippen LogP contribution in [0.2, 0.25) is 0 Å². The lowest BCUT2D eigenvalue weighted by Crippen LogP contribution is -2.27. The summed E-state index contributed by atoms with van der Waals surface area (Å²) in [6.45, 7) is 2.56. The SMILES string of the molecule is CCN(c1cc([N+](=O)[O-])ccc1C(=O)O)C1CC1. The van der Waals surface area contributed by atoms with Crippen molar-refractivity contribution in [2.24, 2.45) is 0 Å². The van der Waals surface area contributed by atoms with Crippen LogP contribution in [0.5, 0.6) is 0 Å². The molecule has 1 aliphatic rings. The van der Waals surface area contributed by atoms with Gasteiger partial charge in [0.05, 0.1) is 16.2 Å². The minimum atomic E-state index is -1.06. The number of benzene rings is 1. The topological polar surface area (TPSA) is 83.7 Å². The number of carboxylic acid groups (broad SMARTS) is 1. The van der Waals surface area contributed by atoms with Crippen LogP contribution in [0.4, 0.5) is 11.4 Å². The van der Waals surface area contributed by atoms with Gasteiger partial charge in [-0.05, 0) is 25.8 Å². The van der Waals surface area contributed by atoms with Crippen LogP contribution >= 0.6 is 0 Å². The third-order valence-corrected chi connectivity index (χ3v) is 3.06. The summed E-state index contributed by atoms with van der Waals surface area (Å²) in [6.07, 6.45) is 2.02. The third-order valence-electron chi connectivity index (χ3n) is 3.06. The molecule has 6 heteroatoms. The van der Waals surface area contributed by atoms with Gasteiger partial charge in [0.15, 0.2) is 0 Å². The average molecular weight is 250 g/mol. The fraction of sp³-hybridized carbons (Fsp3) is 0.417. The first-order valence-corrected chi connectivity index (χ1v) is 5.83. The summed E-state index contributed by atoms with van der Waals surface area (Å²) >= 11 is 0.